The molecule has 1 aromatic rings. The first kappa shape index (κ1) is 13.4. The number of amides is 1. The van der Waals surface area contributed by atoms with Crippen molar-refractivity contribution < 1.29 is 14.7 Å². The van der Waals surface area contributed by atoms with E-state index in [0.29, 0.717) is 22.9 Å². The van der Waals surface area contributed by atoms with Crippen LogP contribution in [0.3, 0.4) is 0 Å². The number of carbonyl (C=O) groups excluding carboxylic acids is 1. The first-order valence-corrected chi connectivity index (χ1v) is 7.00. The zero-order valence-electron chi connectivity index (χ0n) is 9.93. The average molecular weight is 288 g/mol. The highest BCUT2D eigenvalue weighted by molar-refractivity contribution is 7.12. The lowest BCUT2D eigenvalue weighted by atomic mass is 9.90. The summed E-state index contributed by atoms with van der Waals surface area (Å²) in [5.74, 6) is -1.27. The Morgan fingerprint density at radius 3 is 2.78 bits per heavy atom. The Labute approximate surface area is 114 Å². The van der Waals surface area contributed by atoms with Gasteiger partial charge < -0.3 is 10.0 Å². The van der Waals surface area contributed by atoms with Crippen LogP contribution in [0.1, 0.15) is 23.0 Å². The third-order valence-electron chi connectivity index (χ3n) is 3.11. The third-order valence-corrected chi connectivity index (χ3v) is 4.44. The minimum absolute atomic E-state index is 0.159. The van der Waals surface area contributed by atoms with E-state index in [2.05, 4.69) is 0 Å². The number of aliphatic carboxylic acids is 1. The Bertz CT molecular complexity index is 474. The molecule has 2 atom stereocenters. The van der Waals surface area contributed by atoms with E-state index in [9.17, 15) is 9.59 Å². The van der Waals surface area contributed by atoms with Gasteiger partial charge in [-0.2, -0.15) is 0 Å². The van der Waals surface area contributed by atoms with E-state index in [0.717, 1.165) is 0 Å². The molecule has 2 heterocycles. The van der Waals surface area contributed by atoms with Gasteiger partial charge in [-0.25, -0.2) is 0 Å². The molecule has 6 heteroatoms. The SMILES string of the molecule is CC1CC(C(=O)O)CN(C(=O)c2sccc2Cl)C1. The summed E-state index contributed by atoms with van der Waals surface area (Å²) < 4.78 is 0. The molecule has 0 aromatic carbocycles. The lowest BCUT2D eigenvalue weighted by Crippen LogP contribution is -2.45. The minimum atomic E-state index is -0.836. The highest BCUT2D eigenvalue weighted by Crippen LogP contribution is 2.28. The summed E-state index contributed by atoms with van der Waals surface area (Å²) in [5.41, 5.74) is 0. The molecule has 2 unspecified atom stereocenters. The van der Waals surface area contributed by atoms with Crippen molar-refractivity contribution in [2.45, 2.75) is 13.3 Å². The number of nitrogens with zero attached hydrogens (tertiary/aromatic N) is 1. The summed E-state index contributed by atoms with van der Waals surface area (Å²) in [4.78, 5) is 25.4. The van der Waals surface area contributed by atoms with Gasteiger partial charge in [0.1, 0.15) is 4.88 Å². The van der Waals surface area contributed by atoms with Gasteiger partial charge in [0.15, 0.2) is 0 Å². The van der Waals surface area contributed by atoms with Gasteiger partial charge >= 0.3 is 5.97 Å². The summed E-state index contributed by atoms with van der Waals surface area (Å²) in [7, 11) is 0. The van der Waals surface area contributed by atoms with Crippen LogP contribution in [0.4, 0.5) is 0 Å². The predicted molar refractivity (Wildman–Crippen MR) is 70.1 cm³/mol. The van der Waals surface area contributed by atoms with E-state index in [1.165, 1.54) is 11.3 Å². The van der Waals surface area contributed by atoms with E-state index in [-0.39, 0.29) is 18.4 Å². The molecule has 1 amide bonds. The largest absolute Gasteiger partial charge is 0.481 e. The number of carboxylic acids is 1. The standard InChI is InChI=1S/C12H14ClNO3S/c1-7-4-8(12(16)17)6-14(5-7)11(15)10-9(13)2-3-18-10/h2-3,7-8H,4-6H2,1H3,(H,16,17). The molecule has 0 aliphatic carbocycles. The van der Waals surface area contributed by atoms with Gasteiger partial charge in [0.25, 0.3) is 5.91 Å². The first-order chi connectivity index (χ1) is 8.49. The fraction of sp³-hybridized carbons (Fsp3) is 0.500. The molecule has 1 aromatic heterocycles. The van der Waals surface area contributed by atoms with E-state index >= 15 is 0 Å². The van der Waals surface area contributed by atoms with E-state index in [1.807, 2.05) is 6.92 Å². The van der Waals surface area contributed by atoms with Gasteiger partial charge in [-0.3, -0.25) is 9.59 Å². The fourth-order valence-electron chi connectivity index (χ4n) is 2.29. The highest BCUT2D eigenvalue weighted by Gasteiger charge is 2.33. The lowest BCUT2D eigenvalue weighted by Gasteiger charge is -2.34. The molecule has 0 bridgehead atoms. The van der Waals surface area contributed by atoms with Gasteiger partial charge in [-0.05, 0) is 23.8 Å². The van der Waals surface area contributed by atoms with Crippen molar-refractivity contribution in [1.29, 1.82) is 0 Å². The van der Waals surface area contributed by atoms with Crippen molar-refractivity contribution in [1.82, 2.24) is 4.90 Å². The maximum Gasteiger partial charge on any atom is 0.308 e. The molecule has 1 aliphatic heterocycles. The summed E-state index contributed by atoms with van der Waals surface area (Å²) in [6, 6.07) is 1.68. The van der Waals surface area contributed by atoms with E-state index < -0.39 is 11.9 Å². The molecule has 0 saturated carbocycles. The second-order valence-corrected chi connectivity index (χ2v) is 6.01. The van der Waals surface area contributed by atoms with Crippen molar-refractivity contribution in [3.63, 3.8) is 0 Å². The molecular formula is C12H14ClNO3S. The number of thiophene rings is 1. The molecule has 98 valence electrons. The smallest absolute Gasteiger partial charge is 0.308 e. The topological polar surface area (TPSA) is 57.6 Å². The Balaban J connectivity index is 2.15. The molecule has 18 heavy (non-hydrogen) atoms. The van der Waals surface area contributed by atoms with Crippen LogP contribution in [0.5, 0.6) is 0 Å². The average Bonchev–Trinajstić information content (AvgIpc) is 2.73. The van der Waals surface area contributed by atoms with Crippen molar-refractivity contribution in [3.05, 3.63) is 21.3 Å². The minimum Gasteiger partial charge on any atom is -0.481 e. The number of carbonyl (C=O) groups is 2. The summed E-state index contributed by atoms with van der Waals surface area (Å²) in [5, 5.41) is 11.3. The molecule has 0 spiro atoms. The number of halogens is 1. The Morgan fingerprint density at radius 2 is 2.22 bits per heavy atom. The predicted octanol–water partition coefficient (Wildman–Crippen LogP) is 2.58. The van der Waals surface area contributed by atoms with Crippen LogP contribution in [-0.4, -0.2) is 35.0 Å². The number of carboxylic acid groups (broad SMARTS) is 1. The number of hydrogen-bond donors (Lipinski definition) is 1. The molecule has 1 fully saturated rings. The summed E-state index contributed by atoms with van der Waals surface area (Å²) in [6.07, 6.45) is 0.622. The fourth-order valence-corrected chi connectivity index (χ4v) is 3.39. The van der Waals surface area contributed by atoms with Crippen molar-refractivity contribution >= 4 is 34.8 Å². The maximum absolute atomic E-state index is 12.3. The van der Waals surface area contributed by atoms with Gasteiger partial charge in [-0.15, -0.1) is 11.3 Å². The molecule has 2 rings (SSSR count). The monoisotopic (exact) mass is 287 g/mol. The zero-order chi connectivity index (χ0) is 13.3. The van der Waals surface area contributed by atoms with Crippen molar-refractivity contribution in [3.8, 4) is 0 Å². The summed E-state index contributed by atoms with van der Waals surface area (Å²) in [6.45, 7) is 2.83. The van der Waals surface area contributed by atoms with Crippen molar-refractivity contribution in [2.24, 2.45) is 11.8 Å². The van der Waals surface area contributed by atoms with Crippen molar-refractivity contribution in [2.75, 3.05) is 13.1 Å². The number of piperidine rings is 1. The Morgan fingerprint density at radius 1 is 1.50 bits per heavy atom. The van der Waals surface area contributed by atoms with Gasteiger partial charge in [0, 0.05) is 13.1 Å². The second kappa shape index (κ2) is 5.28. The highest BCUT2D eigenvalue weighted by atomic mass is 35.5. The molecule has 1 saturated heterocycles. The van der Waals surface area contributed by atoms with E-state index in [4.69, 9.17) is 16.7 Å². The van der Waals surface area contributed by atoms with Crippen LogP contribution >= 0.6 is 22.9 Å². The van der Waals surface area contributed by atoms with Crippen LogP contribution in [0.25, 0.3) is 0 Å². The first-order valence-electron chi connectivity index (χ1n) is 5.74. The molecule has 4 nitrogen and oxygen atoms in total. The van der Waals surface area contributed by atoms with Crippen LogP contribution < -0.4 is 0 Å². The zero-order valence-corrected chi connectivity index (χ0v) is 11.5. The maximum atomic E-state index is 12.3. The normalized spacial score (nSPS) is 24.0. The van der Waals surface area contributed by atoms with Crippen LogP contribution in [-0.2, 0) is 4.79 Å². The molecule has 1 N–H and O–H groups in total. The molecular weight excluding hydrogens is 274 g/mol. The number of rotatable bonds is 2. The number of likely N-dealkylation sites (tertiary alicyclic amines) is 1. The number of hydrogen-bond acceptors (Lipinski definition) is 3. The van der Waals surface area contributed by atoms with Gasteiger partial charge in [0.05, 0.1) is 10.9 Å². The Hall–Kier alpha value is -1.07. The second-order valence-electron chi connectivity index (χ2n) is 4.68. The molecule has 1 aliphatic rings. The van der Waals surface area contributed by atoms with Crippen LogP contribution in [0.2, 0.25) is 5.02 Å². The van der Waals surface area contributed by atoms with Crippen LogP contribution in [0, 0.1) is 11.8 Å². The van der Waals surface area contributed by atoms with Crippen LogP contribution in [0.15, 0.2) is 11.4 Å². The van der Waals surface area contributed by atoms with E-state index in [1.54, 1.807) is 16.3 Å². The lowest BCUT2D eigenvalue weighted by molar-refractivity contribution is -0.143. The Kier molecular flexibility index (Phi) is 3.92. The quantitative estimate of drug-likeness (QED) is 0.909. The molecule has 0 radical (unpaired) electrons. The van der Waals surface area contributed by atoms with Gasteiger partial charge in [0.2, 0.25) is 0 Å². The summed E-state index contributed by atoms with van der Waals surface area (Å²) >= 11 is 7.23. The third kappa shape index (κ3) is 2.67. The van der Waals surface area contributed by atoms with Gasteiger partial charge in [-0.1, -0.05) is 18.5 Å².